The maximum absolute atomic E-state index is 2.29. The minimum absolute atomic E-state index is 0. The van der Waals surface area contributed by atoms with Crippen LogP contribution in [0.25, 0.3) is 0 Å². The van der Waals surface area contributed by atoms with E-state index in [2.05, 4.69) is 14.2 Å². The third-order valence-corrected chi connectivity index (χ3v) is 0.986. The zero-order valence-corrected chi connectivity index (χ0v) is 6.91. The Hall–Kier alpha value is 1.17. The van der Waals surface area contributed by atoms with Crippen LogP contribution in [0.1, 0.15) is 6.92 Å². The molecule has 1 fully saturated rings. The molecule has 0 spiro atoms. The van der Waals surface area contributed by atoms with Crippen LogP contribution in [0.15, 0.2) is 0 Å². The summed E-state index contributed by atoms with van der Waals surface area (Å²) >= 11 is 0. The first kappa shape index (κ1) is 7.17. The van der Waals surface area contributed by atoms with Gasteiger partial charge in [0.2, 0.25) is 0 Å². The molecular formula is C4H7BY-. The van der Waals surface area contributed by atoms with Gasteiger partial charge >= 0.3 is 0 Å². The Labute approximate surface area is 65.2 Å². The van der Waals surface area contributed by atoms with Crippen molar-refractivity contribution in [3.8, 4) is 0 Å². The van der Waals surface area contributed by atoms with Gasteiger partial charge in [0.1, 0.15) is 0 Å². The van der Waals surface area contributed by atoms with Gasteiger partial charge in [0.15, 0.2) is 0 Å². The Morgan fingerprint density at radius 3 is 1.83 bits per heavy atom. The van der Waals surface area contributed by atoms with Gasteiger partial charge in [0.05, 0.1) is 0 Å². The summed E-state index contributed by atoms with van der Waals surface area (Å²) < 4.78 is 0. The molecule has 0 unspecified atom stereocenters. The van der Waals surface area contributed by atoms with E-state index < -0.39 is 0 Å². The second kappa shape index (κ2) is 3.21. The van der Waals surface area contributed by atoms with Gasteiger partial charge in [-0.1, -0.05) is 0 Å². The van der Waals surface area contributed by atoms with Crippen molar-refractivity contribution in [1.29, 1.82) is 0 Å². The summed E-state index contributed by atoms with van der Waals surface area (Å²) in [5.41, 5.74) is 0. The average Bonchev–Trinajstić information content (AvgIpc) is 1.30. The van der Waals surface area contributed by atoms with E-state index in [9.17, 15) is 0 Å². The predicted octanol–water partition coefficient (Wildman–Crippen LogP) is 1.13. The summed E-state index contributed by atoms with van der Waals surface area (Å²) in [6.45, 7) is 2.19. The first-order valence-electron chi connectivity index (χ1n) is 2.02. The molecule has 1 aliphatic rings. The molecule has 0 aromatic heterocycles. The van der Waals surface area contributed by atoms with Crippen LogP contribution in [-0.4, -0.2) is 7.28 Å². The molecule has 1 heterocycles. The van der Waals surface area contributed by atoms with E-state index in [1.807, 2.05) is 0 Å². The molecule has 1 rings (SSSR count). The molecule has 0 atom stereocenters. The van der Waals surface area contributed by atoms with Crippen molar-refractivity contribution < 1.29 is 32.7 Å². The van der Waals surface area contributed by atoms with Crippen LogP contribution in [-0.2, 0) is 32.7 Å². The van der Waals surface area contributed by atoms with Crippen LogP contribution in [0.4, 0.5) is 0 Å². The Balaban J connectivity index is 0.000000250. The largest absolute Gasteiger partial charge is 0.332 e. The van der Waals surface area contributed by atoms with Crippen molar-refractivity contribution in [2.75, 3.05) is 0 Å². The fourth-order valence-corrected chi connectivity index (χ4v) is 0.433. The topological polar surface area (TPSA) is 0 Å². The zero-order valence-electron chi connectivity index (χ0n) is 4.07. The minimum atomic E-state index is 0. The fourth-order valence-electron chi connectivity index (χ4n) is 0.433. The van der Waals surface area contributed by atoms with Crippen molar-refractivity contribution in [2.45, 2.75) is 19.6 Å². The molecule has 0 aromatic rings. The quantitative estimate of drug-likeness (QED) is 0.363. The Bertz CT molecular complexity index is 34.5. The summed E-state index contributed by atoms with van der Waals surface area (Å²) in [7, 11) is 2.29. The van der Waals surface area contributed by atoms with Gasteiger partial charge in [-0.2, -0.15) is 6.92 Å². The summed E-state index contributed by atoms with van der Waals surface area (Å²) in [6, 6.07) is 0. The number of hydrogen-bond donors (Lipinski definition) is 0. The molecular weight excluding hydrogens is 148 g/mol. The van der Waals surface area contributed by atoms with E-state index in [-0.39, 0.29) is 32.7 Å². The third-order valence-electron chi connectivity index (χ3n) is 0.986. The van der Waals surface area contributed by atoms with Crippen LogP contribution in [0, 0.1) is 5.92 Å². The maximum Gasteiger partial charge on any atom is 0.0433 e. The van der Waals surface area contributed by atoms with Crippen molar-refractivity contribution in [2.24, 2.45) is 0 Å². The maximum atomic E-state index is 2.29. The average molecular weight is 155 g/mol. The predicted molar refractivity (Wildman–Crippen MR) is 24.3 cm³/mol. The van der Waals surface area contributed by atoms with Gasteiger partial charge in [-0.3, -0.25) is 0 Å². The van der Waals surface area contributed by atoms with Crippen molar-refractivity contribution >= 4 is 7.28 Å². The number of hydrogen-bond acceptors (Lipinski definition) is 0. The van der Waals surface area contributed by atoms with Gasteiger partial charge in [0, 0.05) is 40.0 Å². The summed E-state index contributed by atoms with van der Waals surface area (Å²) in [5.74, 6) is 1.63. The van der Waals surface area contributed by atoms with Gasteiger partial charge < -0.3 is 5.92 Å². The minimum Gasteiger partial charge on any atom is -0.332 e. The van der Waals surface area contributed by atoms with Gasteiger partial charge in [-0.05, 0) is 0 Å². The van der Waals surface area contributed by atoms with Gasteiger partial charge in [-0.15, -0.1) is 0 Å². The van der Waals surface area contributed by atoms with E-state index in [1.54, 1.807) is 5.92 Å². The first-order chi connectivity index (χ1) is 2.39. The van der Waals surface area contributed by atoms with Crippen molar-refractivity contribution in [3.05, 3.63) is 5.92 Å². The van der Waals surface area contributed by atoms with Crippen LogP contribution < -0.4 is 0 Å². The van der Waals surface area contributed by atoms with Crippen molar-refractivity contribution in [3.63, 3.8) is 0 Å². The fraction of sp³-hybridized carbons (Fsp3) is 0.750. The summed E-state index contributed by atoms with van der Waals surface area (Å²) in [6.07, 6.45) is 2.56. The molecule has 6 heavy (non-hydrogen) atoms. The third kappa shape index (κ3) is 1.75. The molecule has 30 valence electrons. The van der Waals surface area contributed by atoms with Crippen molar-refractivity contribution in [1.82, 2.24) is 0 Å². The number of rotatable bonds is 0. The molecule has 0 aromatic carbocycles. The second-order valence-corrected chi connectivity index (χ2v) is 1.65. The summed E-state index contributed by atoms with van der Waals surface area (Å²) in [5, 5.41) is 0. The zero-order chi connectivity index (χ0) is 3.70. The first-order valence-corrected chi connectivity index (χ1v) is 2.02. The van der Waals surface area contributed by atoms with Gasteiger partial charge in [0.25, 0.3) is 0 Å². The van der Waals surface area contributed by atoms with E-state index in [0.717, 1.165) is 0 Å². The van der Waals surface area contributed by atoms with Crippen LogP contribution in [0.3, 0.4) is 0 Å². The van der Waals surface area contributed by atoms with Gasteiger partial charge in [-0.25, -0.2) is 12.6 Å². The van der Waals surface area contributed by atoms with E-state index in [0.29, 0.717) is 0 Å². The Morgan fingerprint density at radius 1 is 1.50 bits per heavy atom. The molecule has 2 radical (unpaired) electrons. The smallest absolute Gasteiger partial charge is 0.0433 e. The molecule has 0 amide bonds. The van der Waals surface area contributed by atoms with E-state index in [4.69, 9.17) is 0 Å². The molecule has 0 bridgehead atoms. The van der Waals surface area contributed by atoms with Crippen LogP contribution in [0.5, 0.6) is 0 Å². The molecule has 0 saturated carbocycles. The Kier molecular flexibility index (Phi) is 3.83. The summed E-state index contributed by atoms with van der Waals surface area (Å²) in [4.78, 5) is 0. The molecule has 0 N–H and O–H groups in total. The molecule has 2 heteroatoms. The normalized spacial score (nSPS) is 20.2. The molecule has 1 saturated heterocycles. The molecule has 1 aliphatic heterocycles. The molecule has 0 nitrogen and oxygen atoms in total. The van der Waals surface area contributed by atoms with E-state index in [1.165, 1.54) is 12.6 Å². The molecule has 0 aliphatic carbocycles. The van der Waals surface area contributed by atoms with Crippen LogP contribution >= 0.6 is 0 Å². The Morgan fingerprint density at radius 2 is 1.83 bits per heavy atom. The second-order valence-electron chi connectivity index (χ2n) is 1.65. The monoisotopic (exact) mass is 155 g/mol. The SMILES string of the molecule is C[C-]1C[B]C1.[Y]. The standard InChI is InChI=1S/C4H7B.Y/c1-4-2-5-3-4;/h2-3H2,1H3;/q-1;. The van der Waals surface area contributed by atoms with Crippen LogP contribution in [0.2, 0.25) is 12.6 Å². The van der Waals surface area contributed by atoms with E-state index >= 15 is 0 Å².